The van der Waals surface area contributed by atoms with Gasteiger partial charge in [0.25, 0.3) is 0 Å². The molecule has 21 heavy (non-hydrogen) atoms. The summed E-state index contributed by atoms with van der Waals surface area (Å²) in [5.41, 5.74) is 2.98. The molecule has 0 atom stereocenters. The molecular weight excluding hydrogens is 372 g/mol. The van der Waals surface area contributed by atoms with Crippen LogP contribution >= 0.6 is 39.3 Å². The van der Waals surface area contributed by atoms with E-state index in [-0.39, 0.29) is 5.91 Å². The molecule has 1 aliphatic heterocycles. The van der Waals surface area contributed by atoms with Gasteiger partial charge in [0.05, 0.1) is 16.5 Å². The maximum absolute atomic E-state index is 11.4. The number of amides is 1. The predicted octanol–water partition coefficient (Wildman–Crippen LogP) is 4.76. The third-order valence-electron chi connectivity index (χ3n) is 3.09. The molecule has 0 fully saturated rings. The van der Waals surface area contributed by atoms with Crippen LogP contribution in [0.5, 0.6) is 0 Å². The van der Waals surface area contributed by atoms with Gasteiger partial charge in [-0.15, -0.1) is 11.8 Å². The predicted molar refractivity (Wildman–Crippen MR) is 92.3 cm³/mol. The van der Waals surface area contributed by atoms with E-state index >= 15 is 0 Å². The molecule has 0 aliphatic carbocycles. The van der Waals surface area contributed by atoms with Crippen LogP contribution in [0.4, 0.5) is 11.4 Å². The van der Waals surface area contributed by atoms with Gasteiger partial charge in [-0.25, -0.2) is 0 Å². The quantitative estimate of drug-likeness (QED) is 0.803. The summed E-state index contributed by atoms with van der Waals surface area (Å²) in [6.45, 7) is 0.690. The third kappa shape index (κ3) is 3.54. The lowest BCUT2D eigenvalue weighted by molar-refractivity contribution is -0.113. The van der Waals surface area contributed by atoms with E-state index in [1.54, 1.807) is 11.8 Å². The average molecular weight is 384 g/mol. The number of carbonyl (C=O) groups is 1. The molecule has 3 nitrogen and oxygen atoms in total. The van der Waals surface area contributed by atoms with Crippen LogP contribution in [0.1, 0.15) is 5.56 Å². The number of hydrogen-bond acceptors (Lipinski definition) is 3. The van der Waals surface area contributed by atoms with E-state index in [1.165, 1.54) is 0 Å². The summed E-state index contributed by atoms with van der Waals surface area (Å²) in [6.07, 6.45) is 0. The van der Waals surface area contributed by atoms with Crippen LogP contribution in [0.2, 0.25) is 5.02 Å². The van der Waals surface area contributed by atoms with Gasteiger partial charge in [-0.1, -0.05) is 17.7 Å². The molecule has 108 valence electrons. The topological polar surface area (TPSA) is 41.1 Å². The molecule has 6 heteroatoms. The number of thioether (sulfide) groups is 1. The zero-order valence-electron chi connectivity index (χ0n) is 11.0. The Morgan fingerprint density at radius 1 is 1.29 bits per heavy atom. The van der Waals surface area contributed by atoms with Crippen molar-refractivity contribution in [3.8, 4) is 0 Å². The minimum Gasteiger partial charge on any atom is -0.381 e. The first-order valence-corrected chi connectivity index (χ1v) is 8.52. The van der Waals surface area contributed by atoms with Crippen LogP contribution in [0.3, 0.4) is 0 Å². The molecule has 2 aromatic carbocycles. The second-order valence-electron chi connectivity index (χ2n) is 4.65. The van der Waals surface area contributed by atoms with E-state index < -0.39 is 0 Å². The van der Waals surface area contributed by atoms with E-state index in [9.17, 15) is 4.79 Å². The molecule has 1 aliphatic rings. The van der Waals surface area contributed by atoms with Crippen LogP contribution in [-0.2, 0) is 11.3 Å². The molecule has 0 saturated carbocycles. The fraction of sp³-hybridized carbons (Fsp3) is 0.133. The van der Waals surface area contributed by atoms with Gasteiger partial charge in [0, 0.05) is 21.6 Å². The van der Waals surface area contributed by atoms with Crippen LogP contribution < -0.4 is 10.6 Å². The number of hydrogen-bond donors (Lipinski definition) is 2. The average Bonchev–Trinajstić information content (AvgIpc) is 2.48. The van der Waals surface area contributed by atoms with Gasteiger partial charge in [-0.2, -0.15) is 0 Å². The number of nitrogens with one attached hydrogen (secondary N) is 2. The zero-order chi connectivity index (χ0) is 14.8. The highest BCUT2D eigenvalue weighted by molar-refractivity contribution is 9.10. The molecule has 3 rings (SSSR count). The molecule has 1 heterocycles. The fourth-order valence-electron chi connectivity index (χ4n) is 2.05. The van der Waals surface area contributed by atoms with E-state index in [4.69, 9.17) is 11.6 Å². The maximum atomic E-state index is 11.4. The van der Waals surface area contributed by atoms with E-state index in [2.05, 4.69) is 26.6 Å². The first kappa shape index (κ1) is 14.8. The highest BCUT2D eigenvalue weighted by Gasteiger charge is 2.15. The monoisotopic (exact) mass is 382 g/mol. The number of halogens is 2. The molecule has 0 radical (unpaired) electrons. The Balaban J connectivity index is 1.72. The molecule has 2 aromatic rings. The smallest absolute Gasteiger partial charge is 0.234 e. The van der Waals surface area contributed by atoms with Gasteiger partial charge in [0.1, 0.15) is 0 Å². The molecule has 1 amide bonds. The molecular formula is C15H12BrClN2OS. The Kier molecular flexibility index (Phi) is 4.42. The van der Waals surface area contributed by atoms with Crippen molar-refractivity contribution < 1.29 is 4.79 Å². The Morgan fingerprint density at radius 3 is 2.95 bits per heavy atom. The molecule has 0 aromatic heterocycles. The van der Waals surface area contributed by atoms with Crippen molar-refractivity contribution in [2.24, 2.45) is 0 Å². The van der Waals surface area contributed by atoms with Crippen molar-refractivity contribution in [3.63, 3.8) is 0 Å². The number of fused-ring (bicyclic) bond motifs is 1. The number of anilines is 2. The molecule has 0 bridgehead atoms. The van der Waals surface area contributed by atoms with Crippen molar-refractivity contribution in [3.05, 3.63) is 51.5 Å². The van der Waals surface area contributed by atoms with Crippen LogP contribution in [0.15, 0.2) is 45.8 Å². The van der Waals surface area contributed by atoms with Crippen molar-refractivity contribution in [2.45, 2.75) is 11.4 Å². The van der Waals surface area contributed by atoms with Crippen molar-refractivity contribution in [2.75, 3.05) is 16.4 Å². The Labute approximate surface area is 140 Å². The molecule has 0 unspecified atom stereocenters. The second-order valence-corrected chi connectivity index (χ2v) is 6.93. The van der Waals surface area contributed by atoms with Crippen LogP contribution in [0, 0.1) is 0 Å². The van der Waals surface area contributed by atoms with Crippen molar-refractivity contribution in [1.29, 1.82) is 0 Å². The van der Waals surface area contributed by atoms with E-state index in [1.807, 2.05) is 36.4 Å². The summed E-state index contributed by atoms with van der Waals surface area (Å²) in [7, 11) is 0. The summed E-state index contributed by atoms with van der Waals surface area (Å²) in [4.78, 5) is 12.5. The van der Waals surface area contributed by atoms with Gasteiger partial charge in [0.2, 0.25) is 5.91 Å². The number of carbonyl (C=O) groups excluding carboxylic acids is 1. The highest BCUT2D eigenvalue weighted by atomic mass is 79.9. The molecule has 2 N–H and O–H groups in total. The zero-order valence-corrected chi connectivity index (χ0v) is 14.1. The molecule has 0 spiro atoms. The van der Waals surface area contributed by atoms with Gasteiger partial charge in [-0.3, -0.25) is 4.79 Å². The minimum atomic E-state index is 0.0475. The lowest BCUT2D eigenvalue weighted by Crippen LogP contribution is -2.18. The lowest BCUT2D eigenvalue weighted by Gasteiger charge is -2.17. The van der Waals surface area contributed by atoms with Gasteiger partial charge >= 0.3 is 0 Å². The fourth-order valence-corrected chi connectivity index (χ4v) is 3.38. The first-order chi connectivity index (χ1) is 10.1. The SMILES string of the molecule is O=C1CSc2ccc(NCc3ccc(Cl)c(Br)c3)cc2N1. The van der Waals surface area contributed by atoms with E-state index in [0.717, 1.165) is 26.3 Å². The Hall–Kier alpha value is -1.17. The highest BCUT2D eigenvalue weighted by Crippen LogP contribution is 2.33. The number of benzene rings is 2. The summed E-state index contributed by atoms with van der Waals surface area (Å²) >= 11 is 11.0. The van der Waals surface area contributed by atoms with Crippen molar-refractivity contribution >= 4 is 56.6 Å². The molecule has 0 saturated heterocycles. The largest absolute Gasteiger partial charge is 0.381 e. The van der Waals surface area contributed by atoms with Gasteiger partial charge < -0.3 is 10.6 Å². The summed E-state index contributed by atoms with van der Waals surface area (Å²) in [5.74, 6) is 0.532. The first-order valence-electron chi connectivity index (χ1n) is 6.36. The van der Waals surface area contributed by atoms with Crippen LogP contribution in [-0.4, -0.2) is 11.7 Å². The normalized spacial score (nSPS) is 13.5. The minimum absolute atomic E-state index is 0.0475. The van der Waals surface area contributed by atoms with Crippen molar-refractivity contribution in [1.82, 2.24) is 0 Å². The lowest BCUT2D eigenvalue weighted by atomic mass is 10.2. The summed E-state index contributed by atoms with van der Waals surface area (Å²) in [6, 6.07) is 11.9. The summed E-state index contributed by atoms with van der Waals surface area (Å²) < 4.78 is 0.887. The van der Waals surface area contributed by atoms with Gasteiger partial charge in [-0.05, 0) is 51.8 Å². The standard InChI is InChI=1S/C15H12BrClN2OS/c16-11-5-9(1-3-12(11)17)7-18-10-2-4-14-13(6-10)19-15(20)8-21-14/h1-6,18H,7-8H2,(H,19,20). The number of rotatable bonds is 3. The Morgan fingerprint density at radius 2 is 2.14 bits per heavy atom. The third-order valence-corrected chi connectivity index (χ3v) is 5.38. The second kappa shape index (κ2) is 6.30. The summed E-state index contributed by atoms with van der Waals surface area (Å²) in [5, 5.41) is 6.94. The maximum Gasteiger partial charge on any atom is 0.234 e. The van der Waals surface area contributed by atoms with Crippen LogP contribution in [0.25, 0.3) is 0 Å². The Bertz CT molecular complexity index is 708. The van der Waals surface area contributed by atoms with Gasteiger partial charge in [0.15, 0.2) is 0 Å². The van der Waals surface area contributed by atoms with E-state index in [0.29, 0.717) is 17.3 Å².